The topological polar surface area (TPSA) is 56.5 Å². The second kappa shape index (κ2) is 6.50. The molecule has 0 bridgehead atoms. The fourth-order valence-corrected chi connectivity index (χ4v) is 2.07. The molecular formula is C14H22N2O2. The lowest BCUT2D eigenvalue weighted by molar-refractivity contribution is 0.0904. The summed E-state index contributed by atoms with van der Waals surface area (Å²) in [5, 5.41) is 3.48. The summed E-state index contributed by atoms with van der Waals surface area (Å²) in [5.41, 5.74) is 7.80. The molecule has 18 heavy (non-hydrogen) atoms. The van der Waals surface area contributed by atoms with Gasteiger partial charge in [-0.1, -0.05) is 13.0 Å². The molecule has 1 fully saturated rings. The number of anilines is 2. The predicted octanol–water partition coefficient (Wildman–Crippen LogP) is 2.65. The summed E-state index contributed by atoms with van der Waals surface area (Å²) >= 11 is 0. The monoisotopic (exact) mass is 250 g/mol. The van der Waals surface area contributed by atoms with Crippen molar-refractivity contribution < 1.29 is 9.47 Å². The van der Waals surface area contributed by atoms with Crippen LogP contribution in [-0.2, 0) is 4.74 Å². The number of benzene rings is 1. The van der Waals surface area contributed by atoms with Gasteiger partial charge in [-0.05, 0) is 31.4 Å². The highest BCUT2D eigenvalue weighted by molar-refractivity contribution is 5.73. The molecule has 0 aliphatic carbocycles. The normalized spacial score (nSPS) is 16.5. The summed E-state index contributed by atoms with van der Waals surface area (Å²) in [5.74, 6) is 0.772. The number of hydrogen-bond acceptors (Lipinski definition) is 4. The summed E-state index contributed by atoms with van der Waals surface area (Å²) in [7, 11) is 0. The molecule has 1 aliphatic rings. The van der Waals surface area contributed by atoms with E-state index in [1.54, 1.807) is 0 Å². The van der Waals surface area contributed by atoms with Crippen LogP contribution in [0.1, 0.15) is 26.2 Å². The minimum atomic E-state index is 0.447. The van der Waals surface area contributed by atoms with E-state index in [4.69, 9.17) is 15.2 Å². The molecule has 4 nitrogen and oxygen atoms in total. The second-order valence-corrected chi connectivity index (χ2v) is 4.60. The first-order valence-corrected chi connectivity index (χ1v) is 6.67. The molecule has 100 valence electrons. The van der Waals surface area contributed by atoms with Gasteiger partial charge in [-0.3, -0.25) is 0 Å². The van der Waals surface area contributed by atoms with Gasteiger partial charge >= 0.3 is 0 Å². The lowest BCUT2D eigenvalue weighted by Crippen LogP contribution is -2.28. The summed E-state index contributed by atoms with van der Waals surface area (Å²) in [6.07, 6.45) is 3.04. The number of nitrogen functional groups attached to an aromatic ring is 1. The zero-order valence-electron chi connectivity index (χ0n) is 10.9. The van der Waals surface area contributed by atoms with Crippen LogP contribution in [0.25, 0.3) is 0 Å². The van der Waals surface area contributed by atoms with E-state index in [2.05, 4.69) is 12.2 Å². The maximum Gasteiger partial charge on any atom is 0.144 e. The van der Waals surface area contributed by atoms with Gasteiger partial charge in [0, 0.05) is 19.3 Å². The van der Waals surface area contributed by atoms with Crippen molar-refractivity contribution in [1.29, 1.82) is 0 Å². The van der Waals surface area contributed by atoms with Gasteiger partial charge in [-0.15, -0.1) is 0 Å². The van der Waals surface area contributed by atoms with Crippen LogP contribution in [0.4, 0.5) is 11.4 Å². The van der Waals surface area contributed by atoms with E-state index in [0.29, 0.717) is 18.3 Å². The van der Waals surface area contributed by atoms with Crippen LogP contribution in [-0.4, -0.2) is 25.9 Å². The van der Waals surface area contributed by atoms with E-state index in [9.17, 15) is 0 Å². The van der Waals surface area contributed by atoms with Crippen molar-refractivity contribution in [2.75, 3.05) is 30.9 Å². The molecule has 0 amide bonds. The first kappa shape index (κ1) is 13.0. The standard InChI is InChI=1S/C14H22N2O2/c1-2-8-18-13-5-3-4-12(14(13)15)16-11-6-9-17-10-7-11/h3-5,11,16H,2,6-10,15H2,1H3. The Balaban J connectivity index is 2.02. The Morgan fingerprint density at radius 3 is 2.89 bits per heavy atom. The Morgan fingerprint density at radius 1 is 1.39 bits per heavy atom. The summed E-state index contributed by atoms with van der Waals surface area (Å²) in [4.78, 5) is 0. The van der Waals surface area contributed by atoms with Crippen LogP contribution >= 0.6 is 0 Å². The van der Waals surface area contributed by atoms with Gasteiger partial charge in [0.2, 0.25) is 0 Å². The van der Waals surface area contributed by atoms with Gasteiger partial charge in [-0.25, -0.2) is 0 Å². The van der Waals surface area contributed by atoms with Crippen molar-refractivity contribution in [3.8, 4) is 5.75 Å². The Hall–Kier alpha value is -1.42. The maximum atomic E-state index is 6.12. The minimum Gasteiger partial charge on any atom is -0.491 e. The smallest absolute Gasteiger partial charge is 0.144 e. The highest BCUT2D eigenvalue weighted by Gasteiger charge is 2.15. The van der Waals surface area contributed by atoms with Gasteiger partial charge in [-0.2, -0.15) is 0 Å². The van der Waals surface area contributed by atoms with Crippen molar-refractivity contribution in [2.45, 2.75) is 32.2 Å². The van der Waals surface area contributed by atoms with E-state index in [-0.39, 0.29) is 0 Å². The lowest BCUT2D eigenvalue weighted by Gasteiger charge is -2.25. The zero-order chi connectivity index (χ0) is 12.8. The molecule has 0 unspecified atom stereocenters. The van der Waals surface area contributed by atoms with E-state index < -0.39 is 0 Å². The molecule has 0 saturated carbocycles. The molecule has 1 aromatic rings. The van der Waals surface area contributed by atoms with Crippen molar-refractivity contribution in [3.63, 3.8) is 0 Å². The maximum absolute atomic E-state index is 6.12. The number of nitrogens with one attached hydrogen (secondary N) is 1. The number of ether oxygens (including phenoxy) is 2. The van der Waals surface area contributed by atoms with Gasteiger partial charge < -0.3 is 20.5 Å². The van der Waals surface area contributed by atoms with Crippen LogP contribution in [0.3, 0.4) is 0 Å². The largest absolute Gasteiger partial charge is 0.491 e. The molecule has 0 aromatic heterocycles. The van der Waals surface area contributed by atoms with Crippen LogP contribution in [0, 0.1) is 0 Å². The summed E-state index contributed by atoms with van der Waals surface area (Å²) in [6, 6.07) is 6.34. The molecule has 1 aliphatic heterocycles. The SMILES string of the molecule is CCCOc1cccc(NC2CCOCC2)c1N. The number of para-hydroxylation sites is 1. The molecule has 3 N–H and O–H groups in total. The fraction of sp³-hybridized carbons (Fsp3) is 0.571. The van der Waals surface area contributed by atoms with Gasteiger partial charge in [0.25, 0.3) is 0 Å². The van der Waals surface area contributed by atoms with Gasteiger partial charge in [0.05, 0.1) is 18.0 Å². The first-order chi connectivity index (χ1) is 8.81. The highest BCUT2D eigenvalue weighted by atomic mass is 16.5. The molecule has 2 rings (SSSR count). The van der Waals surface area contributed by atoms with E-state index in [1.165, 1.54) is 0 Å². The van der Waals surface area contributed by atoms with Crippen LogP contribution < -0.4 is 15.8 Å². The number of nitrogens with two attached hydrogens (primary N) is 1. The Labute approximate surface area is 108 Å². The molecule has 1 aromatic carbocycles. The van der Waals surface area contributed by atoms with Crippen molar-refractivity contribution in [2.24, 2.45) is 0 Å². The molecule has 0 atom stereocenters. The zero-order valence-corrected chi connectivity index (χ0v) is 10.9. The second-order valence-electron chi connectivity index (χ2n) is 4.60. The summed E-state index contributed by atoms with van der Waals surface area (Å²) in [6.45, 7) is 4.43. The van der Waals surface area contributed by atoms with Crippen LogP contribution in [0.5, 0.6) is 5.75 Å². The number of rotatable bonds is 5. The Kier molecular flexibility index (Phi) is 4.70. The van der Waals surface area contributed by atoms with E-state index in [1.807, 2.05) is 18.2 Å². The van der Waals surface area contributed by atoms with Gasteiger partial charge in [0.15, 0.2) is 0 Å². The van der Waals surface area contributed by atoms with E-state index >= 15 is 0 Å². The third kappa shape index (κ3) is 3.29. The van der Waals surface area contributed by atoms with Gasteiger partial charge in [0.1, 0.15) is 5.75 Å². The average Bonchev–Trinajstić information content (AvgIpc) is 2.41. The number of hydrogen-bond donors (Lipinski definition) is 2. The first-order valence-electron chi connectivity index (χ1n) is 6.67. The minimum absolute atomic E-state index is 0.447. The van der Waals surface area contributed by atoms with Crippen molar-refractivity contribution >= 4 is 11.4 Å². The fourth-order valence-electron chi connectivity index (χ4n) is 2.07. The van der Waals surface area contributed by atoms with Crippen LogP contribution in [0.15, 0.2) is 18.2 Å². The van der Waals surface area contributed by atoms with E-state index in [0.717, 1.165) is 43.9 Å². The molecule has 1 saturated heterocycles. The molecule has 4 heteroatoms. The highest BCUT2D eigenvalue weighted by Crippen LogP contribution is 2.30. The third-order valence-electron chi connectivity index (χ3n) is 3.11. The lowest BCUT2D eigenvalue weighted by atomic mass is 10.1. The third-order valence-corrected chi connectivity index (χ3v) is 3.11. The molecule has 0 spiro atoms. The average molecular weight is 250 g/mol. The quantitative estimate of drug-likeness (QED) is 0.789. The molecule has 1 heterocycles. The Bertz CT molecular complexity index is 376. The molecule has 0 radical (unpaired) electrons. The van der Waals surface area contributed by atoms with Crippen molar-refractivity contribution in [1.82, 2.24) is 0 Å². The molecular weight excluding hydrogens is 228 g/mol. The Morgan fingerprint density at radius 2 is 2.17 bits per heavy atom. The summed E-state index contributed by atoms with van der Waals surface area (Å²) < 4.78 is 11.0. The predicted molar refractivity (Wildman–Crippen MR) is 74.1 cm³/mol. The van der Waals surface area contributed by atoms with Crippen LogP contribution in [0.2, 0.25) is 0 Å². The van der Waals surface area contributed by atoms with Crippen molar-refractivity contribution in [3.05, 3.63) is 18.2 Å².